The second-order valence-electron chi connectivity index (χ2n) is 6.67. The second kappa shape index (κ2) is 10.2. The Morgan fingerprint density at radius 3 is 3.03 bits per heavy atom. The summed E-state index contributed by atoms with van der Waals surface area (Å²) in [5, 5.41) is 5.33. The number of esters is 1. The Morgan fingerprint density at radius 2 is 2.31 bits per heavy atom. The minimum absolute atomic E-state index is 0.0749. The first-order valence-electron chi connectivity index (χ1n) is 9.41. The number of ether oxygens (including phenoxy) is 2. The normalized spacial score (nSPS) is 21.8. The van der Waals surface area contributed by atoms with E-state index in [4.69, 9.17) is 26.1 Å². The molecule has 29 heavy (non-hydrogen) atoms. The van der Waals surface area contributed by atoms with Crippen LogP contribution in [0.25, 0.3) is 6.08 Å². The summed E-state index contributed by atoms with van der Waals surface area (Å²) in [5.74, 6) is -0.792. The molecule has 9 nitrogen and oxygen atoms in total. The van der Waals surface area contributed by atoms with Crippen molar-refractivity contribution in [2.75, 3.05) is 26.3 Å². The molecular weight excluding hydrogens is 398 g/mol. The Bertz CT molecular complexity index is 773. The Labute approximate surface area is 173 Å². The summed E-state index contributed by atoms with van der Waals surface area (Å²) < 4.78 is 15.8. The zero-order valence-corrected chi connectivity index (χ0v) is 16.6. The number of thiocarbonyl (C=S) groups is 1. The summed E-state index contributed by atoms with van der Waals surface area (Å²) in [4.78, 5) is 38.1. The minimum atomic E-state index is -0.845. The summed E-state index contributed by atoms with van der Waals surface area (Å²) >= 11 is 5.28. The summed E-state index contributed by atoms with van der Waals surface area (Å²) in [6.45, 7) is 1.57. The van der Waals surface area contributed by atoms with Crippen LogP contribution >= 0.6 is 12.2 Å². The van der Waals surface area contributed by atoms with E-state index >= 15 is 0 Å². The van der Waals surface area contributed by atoms with Crippen molar-refractivity contribution in [2.24, 2.45) is 0 Å². The topological polar surface area (TPSA) is 110 Å². The van der Waals surface area contributed by atoms with E-state index in [1.807, 2.05) is 0 Å². The van der Waals surface area contributed by atoms with Gasteiger partial charge in [0.15, 0.2) is 5.11 Å². The van der Waals surface area contributed by atoms with Gasteiger partial charge in [0.25, 0.3) is 0 Å². The van der Waals surface area contributed by atoms with Crippen molar-refractivity contribution in [2.45, 2.75) is 31.4 Å². The third kappa shape index (κ3) is 6.13. The number of rotatable bonds is 6. The predicted molar refractivity (Wildman–Crippen MR) is 107 cm³/mol. The van der Waals surface area contributed by atoms with Crippen LogP contribution in [0.3, 0.4) is 0 Å². The highest BCUT2D eigenvalue weighted by molar-refractivity contribution is 7.80. The molecule has 2 aliphatic rings. The third-order valence-corrected chi connectivity index (χ3v) is 4.91. The van der Waals surface area contributed by atoms with Crippen molar-refractivity contribution in [1.29, 1.82) is 0 Å². The maximum Gasteiger partial charge on any atom is 0.308 e. The number of carbonyl (C=O) groups excluding carboxylic acids is 3. The van der Waals surface area contributed by atoms with Crippen LogP contribution in [0.5, 0.6) is 0 Å². The first-order valence-corrected chi connectivity index (χ1v) is 9.82. The zero-order valence-electron chi connectivity index (χ0n) is 15.8. The molecule has 0 spiro atoms. The van der Waals surface area contributed by atoms with Gasteiger partial charge in [0.1, 0.15) is 18.4 Å². The molecule has 2 atom stereocenters. The fourth-order valence-corrected chi connectivity index (χ4v) is 3.42. The number of nitrogens with one attached hydrogen (secondary N) is 2. The van der Waals surface area contributed by atoms with Gasteiger partial charge in [0.2, 0.25) is 11.8 Å². The lowest BCUT2D eigenvalue weighted by atomic mass is 10.1. The first-order chi connectivity index (χ1) is 14.0. The van der Waals surface area contributed by atoms with E-state index in [1.165, 1.54) is 23.3 Å². The molecule has 0 radical (unpaired) electrons. The van der Waals surface area contributed by atoms with Gasteiger partial charge in [0.05, 0.1) is 18.8 Å². The number of carbonyl (C=O) groups is 3. The lowest BCUT2D eigenvalue weighted by Gasteiger charge is -2.36. The van der Waals surface area contributed by atoms with Gasteiger partial charge in [-0.1, -0.05) is 0 Å². The van der Waals surface area contributed by atoms with Gasteiger partial charge in [-0.25, -0.2) is 0 Å². The van der Waals surface area contributed by atoms with Crippen LogP contribution in [-0.4, -0.2) is 66.2 Å². The molecule has 0 aliphatic carbocycles. The minimum Gasteiger partial charge on any atom is -0.465 e. The van der Waals surface area contributed by atoms with Gasteiger partial charge in [-0.2, -0.15) is 0 Å². The Balaban J connectivity index is 1.53. The Kier molecular flexibility index (Phi) is 7.36. The molecule has 2 fully saturated rings. The number of hydrogen-bond acceptors (Lipinski definition) is 7. The molecule has 2 aliphatic heterocycles. The fourth-order valence-electron chi connectivity index (χ4n) is 3.10. The summed E-state index contributed by atoms with van der Waals surface area (Å²) in [6, 6.07) is 2.56. The van der Waals surface area contributed by atoms with E-state index in [1.54, 1.807) is 12.1 Å². The standard InChI is InChI=1S/C19H23N3O6S/c23-16(6-5-13-3-1-9-26-13)21-19(29)22-8-7-20-18(25)15(22)11-17(24)28-12-14-4-2-10-27-14/h1,3,5-6,9,14-15H,2,4,7-8,10-12H2,(H,20,25)(H,21,23,29)/b6-5+/t14-,15+/m0/s1. The molecule has 1 aromatic rings. The van der Waals surface area contributed by atoms with Gasteiger partial charge >= 0.3 is 5.97 Å². The number of piperazine rings is 1. The molecule has 0 bridgehead atoms. The number of amides is 2. The van der Waals surface area contributed by atoms with Crippen molar-refractivity contribution >= 4 is 41.2 Å². The average Bonchev–Trinajstić information content (AvgIpc) is 3.40. The summed E-state index contributed by atoms with van der Waals surface area (Å²) in [5.41, 5.74) is 0. The molecule has 156 valence electrons. The highest BCUT2D eigenvalue weighted by atomic mass is 32.1. The maximum absolute atomic E-state index is 12.3. The van der Waals surface area contributed by atoms with Crippen LogP contribution < -0.4 is 10.6 Å². The van der Waals surface area contributed by atoms with Crippen LogP contribution in [0.2, 0.25) is 0 Å². The summed E-state index contributed by atoms with van der Waals surface area (Å²) in [6.07, 6.45) is 5.82. The number of furan rings is 1. The van der Waals surface area contributed by atoms with Crippen LogP contribution in [0.15, 0.2) is 28.9 Å². The molecule has 2 saturated heterocycles. The smallest absolute Gasteiger partial charge is 0.308 e. The molecule has 0 saturated carbocycles. The highest BCUT2D eigenvalue weighted by Gasteiger charge is 2.34. The van der Waals surface area contributed by atoms with Gasteiger partial charge in [-0.15, -0.1) is 0 Å². The first kappa shape index (κ1) is 21.0. The molecule has 10 heteroatoms. The predicted octanol–water partition coefficient (Wildman–Crippen LogP) is 0.607. The molecule has 0 aromatic carbocycles. The van der Waals surface area contributed by atoms with E-state index in [0.29, 0.717) is 25.5 Å². The lowest BCUT2D eigenvalue weighted by molar-refractivity contribution is -0.150. The van der Waals surface area contributed by atoms with Crippen LogP contribution in [0.1, 0.15) is 25.0 Å². The number of hydrogen-bond donors (Lipinski definition) is 2. The monoisotopic (exact) mass is 421 g/mol. The van der Waals surface area contributed by atoms with E-state index in [2.05, 4.69) is 10.6 Å². The molecular formula is C19H23N3O6S. The van der Waals surface area contributed by atoms with Crippen molar-refractivity contribution in [3.05, 3.63) is 30.2 Å². The van der Waals surface area contributed by atoms with E-state index in [9.17, 15) is 14.4 Å². The van der Waals surface area contributed by atoms with Gasteiger partial charge in [-0.3, -0.25) is 19.7 Å². The van der Waals surface area contributed by atoms with Crippen LogP contribution in [0, 0.1) is 0 Å². The van der Waals surface area contributed by atoms with Crippen molar-refractivity contribution < 1.29 is 28.3 Å². The average molecular weight is 421 g/mol. The quantitative estimate of drug-likeness (QED) is 0.391. The molecule has 2 amide bonds. The number of nitrogens with zero attached hydrogens (tertiary/aromatic N) is 1. The van der Waals surface area contributed by atoms with Crippen molar-refractivity contribution in [1.82, 2.24) is 15.5 Å². The summed E-state index contributed by atoms with van der Waals surface area (Å²) in [7, 11) is 0. The second-order valence-corrected chi connectivity index (χ2v) is 7.05. The Morgan fingerprint density at radius 1 is 1.45 bits per heavy atom. The Hall–Kier alpha value is -2.72. The maximum atomic E-state index is 12.3. The molecule has 1 aromatic heterocycles. The van der Waals surface area contributed by atoms with E-state index in [-0.39, 0.29) is 30.2 Å². The van der Waals surface area contributed by atoms with Crippen molar-refractivity contribution in [3.8, 4) is 0 Å². The van der Waals surface area contributed by atoms with E-state index in [0.717, 1.165) is 12.8 Å². The largest absolute Gasteiger partial charge is 0.465 e. The molecule has 0 unspecified atom stereocenters. The van der Waals surface area contributed by atoms with Crippen LogP contribution in [-0.2, 0) is 23.9 Å². The van der Waals surface area contributed by atoms with E-state index < -0.39 is 17.9 Å². The van der Waals surface area contributed by atoms with Gasteiger partial charge in [-0.05, 0) is 43.3 Å². The molecule has 2 N–H and O–H groups in total. The highest BCUT2D eigenvalue weighted by Crippen LogP contribution is 2.14. The zero-order chi connectivity index (χ0) is 20.6. The van der Waals surface area contributed by atoms with Crippen LogP contribution in [0.4, 0.5) is 0 Å². The van der Waals surface area contributed by atoms with Gasteiger partial charge < -0.3 is 24.1 Å². The SMILES string of the molecule is O=C(/C=C/c1ccco1)NC(=S)N1CCNC(=O)[C@H]1CC(=O)OC[C@@H]1CCCO1. The molecule has 3 heterocycles. The lowest BCUT2D eigenvalue weighted by Crippen LogP contribution is -2.60. The van der Waals surface area contributed by atoms with Crippen molar-refractivity contribution in [3.63, 3.8) is 0 Å². The molecule has 3 rings (SSSR count). The van der Waals surface area contributed by atoms with Gasteiger partial charge in [0, 0.05) is 25.8 Å². The third-order valence-electron chi connectivity index (χ3n) is 4.58. The fraction of sp³-hybridized carbons (Fsp3) is 0.474.